The summed E-state index contributed by atoms with van der Waals surface area (Å²) >= 11 is 1.16. The second-order valence-electron chi connectivity index (χ2n) is 4.15. The minimum atomic E-state index is -0.310. The van der Waals surface area contributed by atoms with Crippen LogP contribution in [0.25, 0.3) is 0 Å². The highest BCUT2D eigenvalue weighted by atomic mass is 32.1. The zero-order valence-corrected chi connectivity index (χ0v) is 12.6. The number of nitrogens with zero attached hydrogens (tertiary/aromatic N) is 4. The first-order chi connectivity index (χ1) is 10.7. The number of hydrogen-bond donors (Lipinski definition) is 2. The number of aromatic nitrogens is 3. The van der Waals surface area contributed by atoms with Crippen molar-refractivity contribution in [3.63, 3.8) is 0 Å². The Balaban J connectivity index is 1.82. The largest absolute Gasteiger partial charge is 0.301 e. The van der Waals surface area contributed by atoms with Crippen molar-refractivity contribution in [1.82, 2.24) is 20.6 Å². The Bertz CT molecular complexity index is 670. The van der Waals surface area contributed by atoms with E-state index < -0.39 is 0 Å². The maximum atomic E-state index is 11.7. The number of amides is 2. The molecule has 2 heterocycles. The van der Waals surface area contributed by atoms with Gasteiger partial charge in [-0.3, -0.25) is 14.6 Å². The number of pyridine rings is 1. The van der Waals surface area contributed by atoms with Crippen molar-refractivity contribution >= 4 is 34.5 Å². The van der Waals surface area contributed by atoms with E-state index in [1.54, 1.807) is 31.5 Å². The summed E-state index contributed by atoms with van der Waals surface area (Å²) in [6, 6.07) is 3.53. The molecule has 0 saturated carbocycles. The van der Waals surface area contributed by atoms with E-state index >= 15 is 0 Å². The Morgan fingerprint density at radius 2 is 2.05 bits per heavy atom. The molecule has 0 aliphatic carbocycles. The van der Waals surface area contributed by atoms with Crippen molar-refractivity contribution in [1.29, 1.82) is 0 Å². The predicted molar refractivity (Wildman–Crippen MR) is 82.5 cm³/mol. The first-order valence-electron chi connectivity index (χ1n) is 6.51. The minimum absolute atomic E-state index is 0.0490. The van der Waals surface area contributed by atoms with Gasteiger partial charge in [0.15, 0.2) is 0 Å². The van der Waals surface area contributed by atoms with Crippen molar-refractivity contribution < 1.29 is 9.59 Å². The fourth-order valence-electron chi connectivity index (χ4n) is 1.39. The molecule has 0 aromatic carbocycles. The normalized spacial score (nSPS) is 10.6. The lowest BCUT2D eigenvalue weighted by molar-refractivity contribution is -0.120. The molecule has 0 saturated heterocycles. The number of nitrogens with one attached hydrogen (secondary N) is 2. The molecule has 9 heteroatoms. The lowest BCUT2D eigenvalue weighted by atomic mass is 10.3. The monoisotopic (exact) mass is 318 g/mol. The highest BCUT2D eigenvalue weighted by Crippen LogP contribution is 2.15. The van der Waals surface area contributed by atoms with Crippen molar-refractivity contribution in [2.45, 2.75) is 19.8 Å². The van der Waals surface area contributed by atoms with Crippen molar-refractivity contribution in [2.24, 2.45) is 5.10 Å². The van der Waals surface area contributed by atoms with Crippen LogP contribution in [-0.2, 0) is 16.0 Å². The van der Waals surface area contributed by atoms with Gasteiger partial charge in [-0.05, 0) is 17.7 Å². The molecular weight excluding hydrogens is 304 g/mol. The molecule has 0 aliphatic rings. The van der Waals surface area contributed by atoms with E-state index in [0.717, 1.165) is 16.9 Å². The van der Waals surface area contributed by atoms with Crippen molar-refractivity contribution in [3.8, 4) is 0 Å². The van der Waals surface area contributed by atoms with Gasteiger partial charge >= 0.3 is 0 Å². The van der Waals surface area contributed by atoms with Crippen LogP contribution in [-0.4, -0.2) is 33.2 Å². The lowest BCUT2D eigenvalue weighted by Gasteiger charge is -1.96. The van der Waals surface area contributed by atoms with Gasteiger partial charge in [0.25, 0.3) is 0 Å². The molecule has 0 radical (unpaired) electrons. The third kappa shape index (κ3) is 5.02. The zero-order chi connectivity index (χ0) is 15.8. The van der Waals surface area contributed by atoms with Crippen LogP contribution in [0.3, 0.4) is 0 Å². The first kappa shape index (κ1) is 15.7. The van der Waals surface area contributed by atoms with Gasteiger partial charge in [0.05, 0.1) is 12.6 Å². The first-order valence-corrected chi connectivity index (χ1v) is 7.33. The third-order valence-corrected chi connectivity index (χ3v) is 3.29. The standard InChI is InChI=1S/C13H14N6O2S/c1-2-10(20)16-13-19-18-12(22-13)7-11(21)17-15-8-9-3-5-14-6-4-9/h3-6,8H,2,7H2,1H3,(H,17,21)(H,16,19,20)/b15-8-. The second kappa shape index (κ2) is 7.93. The van der Waals surface area contributed by atoms with E-state index in [1.807, 2.05) is 0 Å². The van der Waals surface area contributed by atoms with Gasteiger partial charge in [0.2, 0.25) is 16.9 Å². The molecule has 0 aliphatic heterocycles. The second-order valence-corrected chi connectivity index (χ2v) is 5.22. The average Bonchev–Trinajstić information content (AvgIpc) is 2.95. The molecule has 114 valence electrons. The maximum absolute atomic E-state index is 11.7. The number of anilines is 1. The highest BCUT2D eigenvalue weighted by molar-refractivity contribution is 7.15. The molecule has 0 unspecified atom stereocenters. The SMILES string of the molecule is CCC(=O)Nc1nnc(CC(=O)N/N=C\c2ccncc2)s1. The van der Waals surface area contributed by atoms with Gasteiger partial charge in [0, 0.05) is 18.8 Å². The number of carbonyl (C=O) groups is 2. The van der Waals surface area contributed by atoms with Gasteiger partial charge in [-0.25, -0.2) is 5.43 Å². The Labute approximate surface area is 130 Å². The van der Waals surface area contributed by atoms with E-state index in [0.29, 0.717) is 16.6 Å². The van der Waals surface area contributed by atoms with E-state index in [4.69, 9.17) is 0 Å². The topological polar surface area (TPSA) is 109 Å². The van der Waals surface area contributed by atoms with Crippen LogP contribution in [0.4, 0.5) is 5.13 Å². The summed E-state index contributed by atoms with van der Waals surface area (Å²) in [5.41, 5.74) is 3.23. The lowest BCUT2D eigenvalue weighted by Crippen LogP contribution is -2.19. The smallest absolute Gasteiger partial charge is 0.247 e. The van der Waals surface area contributed by atoms with E-state index in [1.165, 1.54) is 6.21 Å². The summed E-state index contributed by atoms with van der Waals surface area (Å²) in [5, 5.41) is 15.0. The van der Waals surface area contributed by atoms with Crippen LogP contribution in [0.5, 0.6) is 0 Å². The average molecular weight is 318 g/mol. The van der Waals surface area contributed by atoms with Crippen molar-refractivity contribution in [2.75, 3.05) is 5.32 Å². The number of hydrogen-bond acceptors (Lipinski definition) is 7. The van der Waals surface area contributed by atoms with Gasteiger partial charge in [0.1, 0.15) is 5.01 Å². The van der Waals surface area contributed by atoms with Crippen LogP contribution in [0.1, 0.15) is 23.9 Å². The Hall–Kier alpha value is -2.68. The Morgan fingerprint density at radius 3 is 2.77 bits per heavy atom. The molecule has 8 nitrogen and oxygen atoms in total. The third-order valence-electron chi connectivity index (χ3n) is 2.46. The number of carbonyl (C=O) groups excluding carboxylic acids is 2. The summed E-state index contributed by atoms with van der Waals surface area (Å²) in [6.07, 6.45) is 5.20. The molecule has 2 amide bonds. The summed E-state index contributed by atoms with van der Waals surface area (Å²) in [7, 11) is 0. The van der Waals surface area contributed by atoms with Crippen LogP contribution in [0.2, 0.25) is 0 Å². The van der Waals surface area contributed by atoms with Gasteiger partial charge in [-0.1, -0.05) is 18.3 Å². The van der Waals surface area contributed by atoms with Gasteiger partial charge in [-0.15, -0.1) is 10.2 Å². The zero-order valence-electron chi connectivity index (χ0n) is 11.8. The van der Waals surface area contributed by atoms with E-state index in [2.05, 4.69) is 31.0 Å². The summed E-state index contributed by atoms with van der Waals surface area (Å²) in [6.45, 7) is 1.74. The van der Waals surface area contributed by atoms with Gasteiger partial charge in [-0.2, -0.15) is 5.10 Å². The molecule has 2 aromatic rings. The minimum Gasteiger partial charge on any atom is -0.301 e. The Morgan fingerprint density at radius 1 is 1.27 bits per heavy atom. The highest BCUT2D eigenvalue weighted by Gasteiger charge is 2.10. The van der Waals surface area contributed by atoms with Gasteiger partial charge < -0.3 is 5.32 Å². The molecule has 2 rings (SSSR count). The maximum Gasteiger partial charge on any atom is 0.247 e. The molecule has 2 N–H and O–H groups in total. The van der Waals surface area contributed by atoms with Crippen LogP contribution >= 0.6 is 11.3 Å². The molecule has 2 aromatic heterocycles. The molecule has 0 atom stereocenters. The van der Waals surface area contributed by atoms with Crippen LogP contribution in [0, 0.1) is 0 Å². The molecule has 0 spiro atoms. The number of hydrazone groups is 1. The van der Waals surface area contributed by atoms with Crippen LogP contribution in [0.15, 0.2) is 29.6 Å². The molecule has 22 heavy (non-hydrogen) atoms. The predicted octanol–water partition coefficient (Wildman–Crippen LogP) is 0.974. The fourth-order valence-corrected chi connectivity index (χ4v) is 2.14. The quantitative estimate of drug-likeness (QED) is 0.609. The number of rotatable bonds is 6. The summed E-state index contributed by atoms with van der Waals surface area (Å²) in [4.78, 5) is 26.8. The summed E-state index contributed by atoms with van der Waals surface area (Å²) in [5.74, 6) is -0.455. The van der Waals surface area contributed by atoms with Crippen LogP contribution < -0.4 is 10.7 Å². The molecule has 0 bridgehead atoms. The van der Waals surface area contributed by atoms with Crippen molar-refractivity contribution in [3.05, 3.63) is 35.1 Å². The fraction of sp³-hybridized carbons (Fsp3) is 0.231. The molecule has 0 fully saturated rings. The summed E-state index contributed by atoms with van der Waals surface area (Å²) < 4.78 is 0. The molecular formula is C13H14N6O2S. The Kier molecular flexibility index (Phi) is 5.66. The van der Waals surface area contributed by atoms with E-state index in [-0.39, 0.29) is 18.2 Å². The van der Waals surface area contributed by atoms with E-state index in [9.17, 15) is 9.59 Å².